The zero-order valence-electron chi connectivity index (χ0n) is 25.2. The predicted octanol–water partition coefficient (Wildman–Crippen LogP) is 5.34. The second-order valence-corrected chi connectivity index (χ2v) is 14.1. The standard InChI is InChI=1S/C33H37FN4O4S/c1-7-10-33(11-12-33)43(41,42)38-18-21(3)30-26(31(39)35-17-27-20(2)13-22(4)36-32(27)40)15-24(16-29(30)38)23-8-9-28(34)25(14-23)19-37(5)6/h7-9,13-16,18H,1,10-12,17,19H2,2-6H3,(H,35,39)(H,36,40). The Morgan fingerprint density at radius 3 is 2.47 bits per heavy atom. The van der Waals surface area contributed by atoms with Crippen LogP contribution in [0, 0.1) is 26.6 Å². The molecule has 2 heterocycles. The maximum absolute atomic E-state index is 14.7. The van der Waals surface area contributed by atoms with Gasteiger partial charge in [-0.2, -0.15) is 0 Å². The zero-order chi connectivity index (χ0) is 31.3. The number of allylic oxidation sites excluding steroid dienone is 1. The number of rotatable bonds is 10. The Labute approximate surface area is 251 Å². The number of hydrogen-bond donors (Lipinski definition) is 2. The molecular formula is C33H37FN4O4S. The molecule has 0 radical (unpaired) electrons. The normalized spacial score (nSPS) is 14.3. The summed E-state index contributed by atoms with van der Waals surface area (Å²) >= 11 is 0. The number of H-pyrrole nitrogens is 1. The minimum atomic E-state index is -3.84. The molecule has 2 aromatic heterocycles. The van der Waals surface area contributed by atoms with E-state index in [-0.39, 0.29) is 23.5 Å². The lowest BCUT2D eigenvalue weighted by Crippen LogP contribution is -2.29. The molecule has 1 aliphatic carbocycles. The molecule has 2 aromatic carbocycles. The van der Waals surface area contributed by atoms with Gasteiger partial charge in [0, 0.05) is 47.1 Å². The summed E-state index contributed by atoms with van der Waals surface area (Å²) in [4.78, 5) is 31.1. The molecule has 1 fully saturated rings. The number of aromatic nitrogens is 2. The fourth-order valence-corrected chi connectivity index (χ4v) is 7.89. The number of carbonyl (C=O) groups excluding carboxylic acids is 1. The third-order valence-corrected chi connectivity index (χ3v) is 10.7. The highest BCUT2D eigenvalue weighted by Crippen LogP contribution is 2.49. The second kappa shape index (κ2) is 11.2. The first-order chi connectivity index (χ1) is 20.3. The first-order valence-electron chi connectivity index (χ1n) is 14.2. The van der Waals surface area contributed by atoms with Crippen molar-refractivity contribution >= 4 is 26.8 Å². The van der Waals surface area contributed by atoms with Gasteiger partial charge < -0.3 is 15.2 Å². The third-order valence-electron chi connectivity index (χ3n) is 8.22. The summed E-state index contributed by atoms with van der Waals surface area (Å²) in [6, 6.07) is 10.0. The Morgan fingerprint density at radius 1 is 1.12 bits per heavy atom. The number of fused-ring (bicyclic) bond motifs is 1. The van der Waals surface area contributed by atoms with Crippen LogP contribution in [0.5, 0.6) is 0 Å². The van der Waals surface area contributed by atoms with Crippen LogP contribution in [0.15, 0.2) is 60.0 Å². The number of nitrogens with one attached hydrogen (secondary N) is 2. The monoisotopic (exact) mass is 604 g/mol. The fourth-order valence-electron chi connectivity index (χ4n) is 5.83. The summed E-state index contributed by atoms with van der Waals surface area (Å²) < 4.78 is 43.1. The summed E-state index contributed by atoms with van der Waals surface area (Å²) in [5, 5.41) is 3.38. The van der Waals surface area contributed by atoms with Gasteiger partial charge in [-0.25, -0.2) is 16.8 Å². The fraction of sp³-hybridized carbons (Fsp3) is 0.333. The molecule has 0 unspecified atom stereocenters. The van der Waals surface area contributed by atoms with Gasteiger partial charge in [-0.1, -0.05) is 12.1 Å². The zero-order valence-corrected chi connectivity index (χ0v) is 26.0. The number of nitrogens with zero attached hydrogens (tertiary/aromatic N) is 2. The molecule has 4 aromatic rings. The van der Waals surface area contributed by atoms with Gasteiger partial charge in [0.2, 0.25) is 10.0 Å². The highest BCUT2D eigenvalue weighted by Gasteiger charge is 2.54. The van der Waals surface area contributed by atoms with Crippen LogP contribution < -0.4 is 10.9 Å². The number of carbonyl (C=O) groups is 1. The Hall–Kier alpha value is -4.02. The van der Waals surface area contributed by atoms with Crippen molar-refractivity contribution < 1.29 is 17.6 Å². The van der Waals surface area contributed by atoms with Gasteiger partial charge in [0.1, 0.15) is 5.82 Å². The molecule has 2 N–H and O–H groups in total. The molecule has 1 aliphatic rings. The summed E-state index contributed by atoms with van der Waals surface area (Å²) in [5.41, 5.74) is 4.61. The second-order valence-electron chi connectivity index (χ2n) is 11.9. The van der Waals surface area contributed by atoms with Gasteiger partial charge in [-0.05, 0) is 107 Å². The quantitative estimate of drug-likeness (QED) is 0.238. The number of amides is 1. The highest BCUT2D eigenvalue weighted by atomic mass is 32.2. The molecule has 226 valence electrons. The SMILES string of the molecule is C=CCC1(S(=O)(=O)n2cc(C)c3c(C(=O)NCc4c(C)cc(C)[nH]c4=O)cc(-c4ccc(F)c(CN(C)C)c4)cc32)CC1. The Morgan fingerprint density at radius 2 is 1.84 bits per heavy atom. The van der Waals surface area contributed by atoms with E-state index >= 15 is 0 Å². The average molecular weight is 605 g/mol. The van der Waals surface area contributed by atoms with E-state index in [1.165, 1.54) is 10.0 Å². The molecule has 0 bridgehead atoms. The Balaban J connectivity index is 1.68. The van der Waals surface area contributed by atoms with Crippen molar-refractivity contribution in [2.75, 3.05) is 14.1 Å². The van der Waals surface area contributed by atoms with Crippen LogP contribution >= 0.6 is 0 Å². The van der Waals surface area contributed by atoms with E-state index in [9.17, 15) is 22.4 Å². The van der Waals surface area contributed by atoms with Crippen LogP contribution in [0.1, 0.15) is 57.6 Å². The average Bonchev–Trinajstić information content (AvgIpc) is 3.65. The van der Waals surface area contributed by atoms with Crippen molar-refractivity contribution in [3.05, 3.63) is 105 Å². The molecular weight excluding hydrogens is 567 g/mol. The van der Waals surface area contributed by atoms with E-state index in [4.69, 9.17) is 0 Å². The number of aryl methyl sites for hydroxylation is 3. The Kier molecular flexibility index (Phi) is 7.96. The van der Waals surface area contributed by atoms with Crippen molar-refractivity contribution in [1.82, 2.24) is 19.2 Å². The summed E-state index contributed by atoms with van der Waals surface area (Å²) in [5.74, 6) is -0.801. The lowest BCUT2D eigenvalue weighted by molar-refractivity contribution is 0.0952. The predicted molar refractivity (Wildman–Crippen MR) is 168 cm³/mol. The van der Waals surface area contributed by atoms with Crippen molar-refractivity contribution in [3.63, 3.8) is 0 Å². The van der Waals surface area contributed by atoms with E-state index in [0.717, 1.165) is 11.3 Å². The minimum absolute atomic E-state index is 0.00394. The maximum atomic E-state index is 14.7. The summed E-state index contributed by atoms with van der Waals surface area (Å²) in [6.45, 7) is 9.51. The lowest BCUT2D eigenvalue weighted by Gasteiger charge is -2.18. The van der Waals surface area contributed by atoms with Crippen LogP contribution in [0.2, 0.25) is 0 Å². The van der Waals surface area contributed by atoms with Gasteiger partial charge in [0.25, 0.3) is 11.5 Å². The number of pyridine rings is 1. The van der Waals surface area contributed by atoms with E-state index < -0.39 is 20.7 Å². The molecule has 0 spiro atoms. The topological polar surface area (TPSA) is 104 Å². The molecule has 0 saturated heterocycles. The lowest BCUT2D eigenvalue weighted by atomic mass is 9.96. The van der Waals surface area contributed by atoms with Crippen LogP contribution in [-0.2, 0) is 23.1 Å². The van der Waals surface area contributed by atoms with Gasteiger partial charge >= 0.3 is 0 Å². The molecule has 43 heavy (non-hydrogen) atoms. The first kappa shape index (κ1) is 30.4. The molecule has 8 nitrogen and oxygen atoms in total. The van der Waals surface area contributed by atoms with E-state index in [2.05, 4.69) is 16.9 Å². The summed E-state index contributed by atoms with van der Waals surface area (Å²) in [7, 11) is -0.144. The maximum Gasteiger partial charge on any atom is 0.253 e. The largest absolute Gasteiger partial charge is 0.348 e. The number of benzene rings is 2. The number of halogens is 1. The molecule has 0 aliphatic heterocycles. The van der Waals surface area contributed by atoms with Gasteiger partial charge in [-0.3, -0.25) is 9.59 Å². The van der Waals surface area contributed by atoms with Gasteiger partial charge in [0.15, 0.2) is 0 Å². The van der Waals surface area contributed by atoms with Crippen molar-refractivity contribution in [3.8, 4) is 11.1 Å². The van der Waals surface area contributed by atoms with Crippen LogP contribution in [-0.4, -0.2) is 47.0 Å². The number of aromatic amines is 1. The van der Waals surface area contributed by atoms with E-state index in [0.29, 0.717) is 64.5 Å². The van der Waals surface area contributed by atoms with E-state index in [1.54, 1.807) is 50.4 Å². The molecule has 1 amide bonds. The van der Waals surface area contributed by atoms with Crippen molar-refractivity contribution in [1.29, 1.82) is 0 Å². The van der Waals surface area contributed by atoms with Crippen molar-refractivity contribution in [2.24, 2.45) is 0 Å². The van der Waals surface area contributed by atoms with Crippen LogP contribution in [0.4, 0.5) is 4.39 Å². The van der Waals surface area contributed by atoms with E-state index in [1.807, 2.05) is 32.0 Å². The van der Waals surface area contributed by atoms with Crippen LogP contribution in [0.3, 0.4) is 0 Å². The van der Waals surface area contributed by atoms with Crippen molar-refractivity contribution in [2.45, 2.75) is 57.9 Å². The smallest absolute Gasteiger partial charge is 0.253 e. The van der Waals surface area contributed by atoms with Gasteiger partial charge in [-0.15, -0.1) is 6.58 Å². The van der Waals surface area contributed by atoms with Gasteiger partial charge in [0.05, 0.1) is 10.3 Å². The first-order valence-corrected chi connectivity index (χ1v) is 15.6. The Bertz CT molecular complexity index is 1930. The number of hydrogen-bond acceptors (Lipinski definition) is 5. The molecule has 5 rings (SSSR count). The highest BCUT2D eigenvalue weighted by molar-refractivity contribution is 7.91. The molecule has 0 atom stereocenters. The third kappa shape index (κ3) is 5.57. The minimum Gasteiger partial charge on any atom is -0.348 e. The molecule has 1 saturated carbocycles. The molecule has 10 heteroatoms. The van der Waals surface area contributed by atoms with Crippen LogP contribution in [0.25, 0.3) is 22.0 Å². The summed E-state index contributed by atoms with van der Waals surface area (Å²) in [6.07, 6.45) is 4.60.